The molecule has 0 radical (unpaired) electrons. The van der Waals surface area contributed by atoms with Gasteiger partial charge in [0.1, 0.15) is 5.82 Å². The van der Waals surface area contributed by atoms with Gasteiger partial charge in [-0.2, -0.15) is 11.3 Å². The fourth-order valence-corrected chi connectivity index (χ4v) is 5.40. The summed E-state index contributed by atoms with van der Waals surface area (Å²) in [4.78, 5) is 38.7. The first-order valence-electron chi connectivity index (χ1n) is 11.3. The van der Waals surface area contributed by atoms with Crippen molar-refractivity contribution < 1.29 is 14.0 Å². The molecule has 5 heterocycles. The maximum Gasteiger partial charge on any atom is 0.290 e. The van der Waals surface area contributed by atoms with Crippen LogP contribution in [0.2, 0.25) is 0 Å². The van der Waals surface area contributed by atoms with Crippen LogP contribution in [-0.4, -0.2) is 45.7 Å². The highest BCUT2D eigenvalue weighted by Gasteiger charge is 2.26. The molecular weight excluding hydrogens is 487 g/mol. The molecule has 11 heteroatoms. The molecule has 0 atom stereocenters. The molecule has 2 N–H and O–H groups in total. The third kappa shape index (κ3) is 5.75. The lowest BCUT2D eigenvalue weighted by atomic mass is 9.97. The van der Waals surface area contributed by atoms with Crippen LogP contribution in [0.3, 0.4) is 0 Å². The minimum absolute atomic E-state index is 0.295. The zero-order valence-corrected chi connectivity index (χ0v) is 20.4. The number of imide groups is 1. The number of carbonyl (C=O) groups excluding carboxylic acids is 2. The number of thioether (sulfide) groups is 1. The van der Waals surface area contributed by atoms with E-state index in [0.717, 1.165) is 55.5 Å². The predicted octanol–water partition coefficient (Wildman–Crippen LogP) is 4.07. The molecule has 2 aliphatic rings. The van der Waals surface area contributed by atoms with E-state index in [0.29, 0.717) is 34.6 Å². The van der Waals surface area contributed by atoms with Crippen LogP contribution < -0.4 is 15.5 Å². The summed E-state index contributed by atoms with van der Waals surface area (Å²) in [6.45, 7) is 2.88. The van der Waals surface area contributed by atoms with Gasteiger partial charge < -0.3 is 10.2 Å². The van der Waals surface area contributed by atoms with Gasteiger partial charge in [0, 0.05) is 42.3 Å². The number of anilines is 1. The van der Waals surface area contributed by atoms with Crippen molar-refractivity contribution in [3.8, 4) is 11.3 Å². The molecule has 5 rings (SSSR count). The molecule has 180 valence electrons. The number of amides is 2. The average Bonchev–Trinajstić information content (AvgIpc) is 3.51. The SMILES string of the molecule is O=C1NC(=O)/C(=C/c2ccnc(N3CCC(CNCc4cc(-c5ccsc5)ncc4F)CC3)n2)S1. The second-order valence-electron chi connectivity index (χ2n) is 8.37. The molecule has 0 saturated carbocycles. The molecule has 0 unspecified atom stereocenters. The third-order valence-corrected chi connectivity index (χ3v) is 7.48. The Balaban J connectivity index is 1.13. The van der Waals surface area contributed by atoms with Crippen LogP contribution >= 0.6 is 23.1 Å². The van der Waals surface area contributed by atoms with Crippen molar-refractivity contribution in [1.29, 1.82) is 0 Å². The summed E-state index contributed by atoms with van der Waals surface area (Å²) in [7, 11) is 0. The highest BCUT2D eigenvalue weighted by atomic mass is 32.2. The zero-order valence-electron chi connectivity index (χ0n) is 18.7. The van der Waals surface area contributed by atoms with E-state index in [1.807, 2.05) is 22.9 Å². The molecule has 0 aromatic carbocycles. The van der Waals surface area contributed by atoms with E-state index in [4.69, 9.17) is 0 Å². The Labute approximate surface area is 210 Å². The summed E-state index contributed by atoms with van der Waals surface area (Å²) in [5.74, 6) is 0.390. The number of hydrogen-bond acceptors (Lipinski definition) is 9. The largest absolute Gasteiger partial charge is 0.341 e. The Morgan fingerprint density at radius 3 is 2.83 bits per heavy atom. The summed E-state index contributed by atoms with van der Waals surface area (Å²) in [5, 5.41) is 9.27. The van der Waals surface area contributed by atoms with Crippen molar-refractivity contribution in [1.82, 2.24) is 25.6 Å². The fourth-order valence-electron chi connectivity index (χ4n) is 4.08. The van der Waals surface area contributed by atoms with Crippen molar-refractivity contribution in [2.75, 3.05) is 24.5 Å². The first kappa shape index (κ1) is 23.6. The zero-order chi connectivity index (χ0) is 24.2. The van der Waals surface area contributed by atoms with Gasteiger partial charge in [-0.1, -0.05) is 0 Å². The maximum atomic E-state index is 14.3. The van der Waals surface area contributed by atoms with Gasteiger partial charge in [0.2, 0.25) is 5.95 Å². The molecule has 0 aliphatic carbocycles. The van der Waals surface area contributed by atoms with Gasteiger partial charge in [-0.3, -0.25) is 19.9 Å². The number of piperidine rings is 1. The highest BCUT2D eigenvalue weighted by molar-refractivity contribution is 8.18. The molecule has 2 fully saturated rings. The maximum absolute atomic E-state index is 14.3. The lowest BCUT2D eigenvalue weighted by Gasteiger charge is -2.32. The van der Waals surface area contributed by atoms with E-state index < -0.39 is 5.91 Å². The topological polar surface area (TPSA) is 100 Å². The minimum Gasteiger partial charge on any atom is -0.341 e. The molecule has 0 spiro atoms. The van der Waals surface area contributed by atoms with Crippen LogP contribution in [0.25, 0.3) is 17.3 Å². The lowest BCUT2D eigenvalue weighted by molar-refractivity contribution is -0.115. The number of nitrogens with one attached hydrogen (secondary N) is 2. The Hall–Kier alpha value is -3.15. The summed E-state index contributed by atoms with van der Waals surface area (Å²) in [6, 6.07) is 5.51. The predicted molar refractivity (Wildman–Crippen MR) is 135 cm³/mol. The van der Waals surface area contributed by atoms with Crippen LogP contribution in [0.1, 0.15) is 24.1 Å². The third-order valence-electron chi connectivity index (χ3n) is 5.98. The number of carbonyl (C=O) groups is 2. The molecule has 2 aliphatic heterocycles. The summed E-state index contributed by atoms with van der Waals surface area (Å²) < 4.78 is 14.3. The van der Waals surface area contributed by atoms with Gasteiger partial charge in [-0.15, -0.1) is 0 Å². The Morgan fingerprint density at radius 2 is 2.09 bits per heavy atom. The van der Waals surface area contributed by atoms with Crippen LogP contribution in [0.4, 0.5) is 15.1 Å². The second kappa shape index (κ2) is 10.6. The molecule has 2 amide bonds. The number of hydrogen-bond donors (Lipinski definition) is 2. The lowest BCUT2D eigenvalue weighted by Crippen LogP contribution is -2.38. The first-order chi connectivity index (χ1) is 17.0. The summed E-state index contributed by atoms with van der Waals surface area (Å²) >= 11 is 2.46. The van der Waals surface area contributed by atoms with Gasteiger partial charge in [-0.05, 0) is 66.7 Å². The Bertz CT molecular complexity index is 1260. The van der Waals surface area contributed by atoms with Crippen LogP contribution in [0, 0.1) is 11.7 Å². The molecule has 3 aromatic rings. The van der Waals surface area contributed by atoms with Crippen molar-refractivity contribution in [3.63, 3.8) is 0 Å². The molecule has 0 bridgehead atoms. The first-order valence-corrected chi connectivity index (χ1v) is 13.0. The van der Waals surface area contributed by atoms with Crippen LogP contribution in [0.5, 0.6) is 0 Å². The average molecular weight is 511 g/mol. The number of thiophene rings is 1. The van der Waals surface area contributed by atoms with E-state index in [2.05, 4.69) is 30.5 Å². The second-order valence-corrected chi connectivity index (χ2v) is 10.2. The van der Waals surface area contributed by atoms with Crippen molar-refractivity contribution in [2.45, 2.75) is 19.4 Å². The van der Waals surface area contributed by atoms with E-state index in [-0.39, 0.29) is 11.1 Å². The molecule has 35 heavy (non-hydrogen) atoms. The molecule has 3 aromatic heterocycles. The normalized spacial score (nSPS) is 17.9. The number of aromatic nitrogens is 3. The monoisotopic (exact) mass is 510 g/mol. The molecular formula is C24H23FN6O2S2. The van der Waals surface area contributed by atoms with Crippen molar-refractivity contribution >= 4 is 46.3 Å². The van der Waals surface area contributed by atoms with Gasteiger partial charge in [0.05, 0.1) is 22.5 Å². The number of rotatable bonds is 7. The van der Waals surface area contributed by atoms with E-state index in [9.17, 15) is 14.0 Å². The fraction of sp³-hybridized carbons (Fsp3) is 0.292. The van der Waals surface area contributed by atoms with Gasteiger partial charge >= 0.3 is 0 Å². The molecule has 2 saturated heterocycles. The van der Waals surface area contributed by atoms with Crippen molar-refractivity contribution in [2.24, 2.45) is 5.92 Å². The summed E-state index contributed by atoms with van der Waals surface area (Å²) in [6.07, 6.45) is 6.49. The smallest absolute Gasteiger partial charge is 0.290 e. The minimum atomic E-state index is -0.400. The van der Waals surface area contributed by atoms with E-state index >= 15 is 0 Å². The van der Waals surface area contributed by atoms with E-state index in [1.54, 1.807) is 29.7 Å². The van der Waals surface area contributed by atoms with Gasteiger partial charge in [0.25, 0.3) is 11.1 Å². The summed E-state index contributed by atoms with van der Waals surface area (Å²) in [5.41, 5.74) is 3.00. The van der Waals surface area contributed by atoms with E-state index in [1.165, 1.54) is 6.20 Å². The molecule has 8 nitrogen and oxygen atoms in total. The Kier molecular flexibility index (Phi) is 7.16. The van der Waals surface area contributed by atoms with Gasteiger partial charge in [0.15, 0.2) is 0 Å². The Morgan fingerprint density at radius 1 is 1.23 bits per heavy atom. The standard InChI is InChI=1S/C24H23FN6O2S2/c25-19-13-28-20(16-4-8-34-14-16)9-17(19)12-26-11-15-2-6-31(7-3-15)23-27-5-1-18(29-23)10-21-22(32)30-24(33)35-21/h1,4-5,8-10,13-15,26H,2-3,6-7,11-12H2,(H,30,32,33)/b21-10-. The number of halogens is 1. The van der Waals surface area contributed by atoms with Gasteiger partial charge in [-0.25, -0.2) is 14.4 Å². The van der Waals surface area contributed by atoms with Crippen LogP contribution in [-0.2, 0) is 11.3 Å². The number of nitrogens with zero attached hydrogens (tertiary/aromatic N) is 4. The van der Waals surface area contributed by atoms with Crippen molar-refractivity contribution in [3.05, 3.63) is 63.3 Å². The van der Waals surface area contributed by atoms with Crippen LogP contribution in [0.15, 0.2) is 46.3 Å². The quantitative estimate of drug-likeness (QED) is 0.459. The highest BCUT2D eigenvalue weighted by Crippen LogP contribution is 2.26. The number of pyridine rings is 1.